The van der Waals surface area contributed by atoms with E-state index in [1.165, 1.54) is 14.0 Å². The number of allylic oxidation sites excluding steroid dienone is 1. The van der Waals surface area contributed by atoms with Gasteiger partial charge >= 0.3 is 11.9 Å². The summed E-state index contributed by atoms with van der Waals surface area (Å²) in [6.07, 6.45) is -5.25. The van der Waals surface area contributed by atoms with Crippen LogP contribution in [0.4, 0.5) is 0 Å². The van der Waals surface area contributed by atoms with Crippen LogP contribution in [0.25, 0.3) is 0 Å². The number of methoxy groups -OCH3 is 3. The Morgan fingerprint density at radius 1 is 0.788 bits per heavy atom. The zero-order chi connectivity index (χ0) is 48.2. The van der Waals surface area contributed by atoms with E-state index in [0.29, 0.717) is 51.4 Å². The molecule has 0 aromatic rings. The molecule has 66 heavy (non-hydrogen) atoms. The molecule has 4 N–H and O–H groups in total. The number of hydrogen-bond acceptors (Lipinski definition) is 17. The summed E-state index contributed by atoms with van der Waals surface area (Å²) in [4.78, 5) is 26.6. The molecule has 0 bridgehead atoms. The van der Waals surface area contributed by atoms with Crippen molar-refractivity contribution < 1.29 is 82.1 Å². The Labute approximate surface area is 390 Å². The highest BCUT2D eigenvalue weighted by atomic mass is 16.8. The van der Waals surface area contributed by atoms with Crippen LogP contribution in [-0.2, 0) is 61.7 Å². The summed E-state index contributed by atoms with van der Waals surface area (Å²) in [6, 6.07) is 0. The topological polar surface area (TPSA) is 217 Å². The molecule has 17 nitrogen and oxygen atoms in total. The predicted molar refractivity (Wildman–Crippen MR) is 235 cm³/mol. The molecule has 17 heteroatoms. The molecule has 6 fully saturated rings. The van der Waals surface area contributed by atoms with Crippen LogP contribution in [0, 0.1) is 34.5 Å². The van der Waals surface area contributed by atoms with Crippen LogP contribution in [0.5, 0.6) is 0 Å². The fourth-order valence-corrected chi connectivity index (χ4v) is 13.5. The molecule has 0 spiro atoms. The maximum Gasteiger partial charge on any atom is 0.306 e. The SMILES string of the molecule is COC1CC(OC2CCC3(C)C(=CCC4C3C(OC(C)=O)C(OC(=O)CC(C)C)C3(C)C(C(C)O)CCC43O)C2)OC(C)C1OC1CC(OC)C(OC2OC(C)C(O)C(OC)C2O)C(C)O1. The van der Waals surface area contributed by atoms with Gasteiger partial charge in [0.2, 0.25) is 0 Å². The van der Waals surface area contributed by atoms with E-state index < -0.39 is 127 Å². The maximum absolute atomic E-state index is 13.6. The smallest absolute Gasteiger partial charge is 0.306 e. The fraction of sp³-hybridized carbons (Fsp3) is 0.918. The van der Waals surface area contributed by atoms with Crippen LogP contribution in [-0.4, -0.2) is 164 Å². The quantitative estimate of drug-likeness (QED) is 0.142. The van der Waals surface area contributed by atoms with Crippen molar-refractivity contribution in [2.45, 2.75) is 230 Å². The number of carbonyl (C=O) groups excluding carboxylic acids is 2. The summed E-state index contributed by atoms with van der Waals surface area (Å²) >= 11 is 0. The van der Waals surface area contributed by atoms with E-state index in [-0.39, 0.29) is 36.2 Å². The predicted octanol–water partition coefficient (Wildman–Crippen LogP) is 4.11. The Bertz CT molecular complexity index is 1710. The van der Waals surface area contributed by atoms with E-state index in [2.05, 4.69) is 13.0 Å². The van der Waals surface area contributed by atoms with E-state index in [4.69, 9.17) is 52.1 Å². The molecule has 7 aliphatic rings. The number of ether oxygens (including phenoxy) is 11. The second-order valence-corrected chi connectivity index (χ2v) is 21.3. The van der Waals surface area contributed by atoms with Gasteiger partial charge in [0.15, 0.2) is 18.9 Å². The van der Waals surface area contributed by atoms with Gasteiger partial charge in [-0.05, 0) is 89.4 Å². The highest BCUT2D eigenvalue weighted by Gasteiger charge is 2.75. The van der Waals surface area contributed by atoms with E-state index in [1.807, 2.05) is 34.6 Å². The third kappa shape index (κ3) is 9.53. The maximum atomic E-state index is 13.6. The van der Waals surface area contributed by atoms with Crippen LogP contribution in [0.15, 0.2) is 11.6 Å². The molecule has 7 rings (SSSR count). The normalized spacial score (nSPS) is 48.7. The molecule has 3 saturated carbocycles. The van der Waals surface area contributed by atoms with Crippen molar-refractivity contribution in [2.24, 2.45) is 34.5 Å². The minimum atomic E-state index is -1.29. The molecule has 0 amide bonds. The number of fused-ring (bicyclic) bond motifs is 5. The van der Waals surface area contributed by atoms with Crippen molar-refractivity contribution in [1.82, 2.24) is 0 Å². The third-order valence-corrected chi connectivity index (χ3v) is 16.9. The van der Waals surface area contributed by atoms with Gasteiger partial charge in [0, 0.05) is 58.8 Å². The Hall–Kier alpha value is -1.84. The van der Waals surface area contributed by atoms with Crippen molar-refractivity contribution in [3.63, 3.8) is 0 Å². The molecule has 0 aromatic heterocycles. The summed E-state index contributed by atoms with van der Waals surface area (Å²) in [5, 5.41) is 45.5. The first-order valence-corrected chi connectivity index (χ1v) is 24.5. The van der Waals surface area contributed by atoms with Gasteiger partial charge in [-0.3, -0.25) is 9.59 Å². The minimum Gasteiger partial charge on any atom is -0.458 e. The summed E-state index contributed by atoms with van der Waals surface area (Å²) in [6.45, 7) is 16.6. The van der Waals surface area contributed by atoms with Crippen LogP contribution < -0.4 is 0 Å². The monoisotopic (exact) mass is 941 g/mol. The summed E-state index contributed by atoms with van der Waals surface area (Å²) < 4.78 is 68.3. The Kier molecular flexibility index (Phi) is 16.1. The van der Waals surface area contributed by atoms with Crippen molar-refractivity contribution in [3.8, 4) is 0 Å². The number of aliphatic hydroxyl groups is 4. The van der Waals surface area contributed by atoms with E-state index >= 15 is 0 Å². The first-order valence-electron chi connectivity index (χ1n) is 24.5. The average molecular weight is 941 g/mol. The van der Waals surface area contributed by atoms with Gasteiger partial charge in [0.05, 0.1) is 48.3 Å². The van der Waals surface area contributed by atoms with Gasteiger partial charge in [-0.25, -0.2) is 0 Å². The molecule has 378 valence electrons. The Balaban J connectivity index is 1.02. The lowest BCUT2D eigenvalue weighted by Gasteiger charge is -2.65. The Morgan fingerprint density at radius 2 is 1.41 bits per heavy atom. The van der Waals surface area contributed by atoms with E-state index in [0.717, 1.165) is 5.57 Å². The summed E-state index contributed by atoms with van der Waals surface area (Å²) in [5.41, 5.74) is -1.71. The van der Waals surface area contributed by atoms with Gasteiger partial charge in [-0.2, -0.15) is 0 Å². The number of rotatable bonds is 14. The summed E-state index contributed by atoms with van der Waals surface area (Å²) in [5.74, 6) is -1.90. The largest absolute Gasteiger partial charge is 0.458 e. The molecule has 3 aliphatic heterocycles. The molecule has 4 aliphatic carbocycles. The van der Waals surface area contributed by atoms with Crippen molar-refractivity contribution in [3.05, 3.63) is 11.6 Å². The molecule has 23 atom stereocenters. The van der Waals surface area contributed by atoms with Crippen LogP contribution >= 0.6 is 0 Å². The number of aliphatic hydroxyl groups excluding tert-OH is 3. The number of carbonyl (C=O) groups is 2. The number of esters is 2. The second-order valence-electron chi connectivity index (χ2n) is 21.3. The molecule has 3 heterocycles. The lowest BCUT2D eigenvalue weighted by Crippen LogP contribution is -2.72. The van der Waals surface area contributed by atoms with E-state index in [1.54, 1.807) is 28.1 Å². The van der Waals surface area contributed by atoms with Crippen molar-refractivity contribution >= 4 is 11.9 Å². The van der Waals surface area contributed by atoms with Crippen molar-refractivity contribution in [2.75, 3.05) is 21.3 Å². The molecule has 3 saturated heterocycles. The van der Waals surface area contributed by atoms with Crippen LogP contribution in [0.2, 0.25) is 0 Å². The van der Waals surface area contributed by atoms with Gasteiger partial charge in [0.1, 0.15) is 42.7 Å². The molecule has 0 radical (unpaired) electrons. The summed E-state index contributed by atoms with van der Waals surface area (Å²) in [7, 11) is 4.64. The highest BCUT2D eigenvalue weighted by Crippen LogP contribution is 2.69. The molecule has 23 unspecified atom stereocenters. The van der Waals surface area contributed by atoms with Gasteiger partial charge in [-0.15, -0.1) is 0 Å². The lowest BCUT2D eigenvalue weighted by atomic mass is 9.43. The first-order chi connectivity index (χ1) is 31.1. The zero-order valence-electron chi connectivity index (χ0n) is 41.2. The van der Waals surface area contributed by atoms with Crippen LogP contribution in [0.3, 0.4) is 0 Å². The zero-order valence-corrected chi connectivity index (χ0v) is 41.2. The minimum absolute atomic E-state index is 0.0361. The van der Waals surface area contributed by atoms with Crippen molar-refractivity contribution in [1.29, 1.82) is 0 Å². The molecular formula is C49H80O17. The van der Waals surface area contributed by atoms with Crippen LogP contribution in [0.1, 0.15) is 120 Å². The third-order valence-electron chi connectivity index (χ3n) is 16.9. The fourth-order valence-electron chi connectivity index (χ4n) is 13.5. The lowest BCUT2D eigenvalue weighted by molar-refractivity contribution is -0.352. The average Bonchev–Trinajstić information content (AvgIpc) is 3.53. The van der Waals surface area contributed by atoms with Gasteiger partial charge in [-0.1, -0.05) is 39.3 Å². The molecular weight excluding hydrogens is 861 g/mol. The second kappa shape index (κ2) is 20.5. The van der Waals surface area contributed by atoms with Gasteiger partial charge < -0.3 is 72.5 Å². The molecule has 0 aromatic carbocycles. The highest BCUT2D eigenvalue weighted by molar-refractivity contribution is 5.70. The first kappa shape index (κ1) is 52.0. The standard InChI is InChI=1S/C49H80O17/c1-23(2)19-35(52)64-45-43(62-28(7)51)38-32(49(55)18-16-31(24(3)50)48(45,49)9)14-13-29-20-30(15-17-47(29,38)8)63-36-21-33(56-10)41(26(5)59-36)65-37-22-34(57-11)42(27(6)60-37)66-46-40(54)44(58-12)39(53)25(4)61-46/h13,23-27,30-34,36-46,50,53-55H,14-22H2,1-12H3. The van der Waals surface area contributed by atoms with E-state index in [9.17, 15) is 30.0 Å². The number of hydrogen-bond donors (Lipinski definition) is 4. The van der Waals surface area contributed by atoms with Gasteiger partial charge in [0.25, 0.3) is 0 Å². The Morgan fingerprint density at radius 3 is 1.98 bits per heavy atom.